The molecular formula is C12H12F4N2O. The van der Waals surface area contributed by atoms with Crippen molar-refractivity contribution in [1.29, 1.82) is 0 Å². The van der Waals surface area contributed by atoms with Crippen molar-refractivity contribution in [3.8, 4) is 0 Å². The molecule has 104 valence electrons. The zero-order valence-corrected chi connectivity index (χ0v) is 9.88. The lowest BCUT2D eigenvalue weighted by Crippen LogP contribution is -2.48. The molecule has 1 N–H and O–H groups in total. The number of carbonyl (C=O) groups is 1. The average molecular weight is 276 g/mol. The van der Waals surface area contributed by atoms with Crippen molar-refractivity contribution in [2.24, 2.45) is 0 Å². The standard InChI is InChI=1S/C12H12F4N2O/c13-10(14)12(15,16)11(19)18-7-3-6-17-8-4-1-2-5-9(8)18/h1-2,4-5,10,17H,3,6-7H2. The molecule has 0 atom stereocenters. The number of nitrogens with zero attached hydrogens (tertiary/aromatic N) is 1. The molecule has 1 aromatic carbocycles. The molecule has 0 saturated carbocycles. The monoisotopic (exact) mass is 276 g/mol. The third-order valence-electron chi connectivity index (χ3n) is 2.87. The number of alkyl halides is 4. The van der Waals surface area contributed by atoms with Crippen LogP contribution < -0.4 is 10.2 Å². The van der Waals surface area contributed by atoms with E-state index in [-0.39, 0.29) is 12.2 Å². The summed E-state index contributed by atoms with van der Waals surface area (Å²) in [5.74, 6) is -6.53. The molecule has 0 unspecified atom stereocenters. The third kappa shape index (κ3) is 2.50. The molecule has 1 amide bonds. The van der Waals surface area contributed by atoms with Gasteiger partial charge in [-0.1, -0.05) is 12.1 Å². The number of hydrogen-bond acceptors (Lipinski definition) is 2. The van der Waals surface area contributed by atoms with Crippen LogP contribution in [0.4, 0.5) is 28.9 Å². The average Bonchev–Trinajstić information content (AvgIpc) is 2.59. The Morgan fingerprint density at radius 2 is 2.00 bits per heavy atom. The molecule has 0 spiro atoms. The first kappa shape index (κ1) is 13.6. The minimum absolute atomic E-state index is 0.0227. The number of hydrogen-bond donors (Lipinski definition) is 1. The minimum atomic E-state index is -4.67. The van der Waals surface area contributed by atoms with Crippen molar-refractivity contribution in [2.75, 3.05) is 23.3 Å². The molecule has 1 aromatic rings. The number of carbonyl (C=O) groups excluding carboxylic acids is 1. The molecule has 19 heavy (non-hydrogen) atoms. The number of nitrogens with one attached hydrogen (secondary N) is 1. The summed E-state index contributed by atoms with van der Waals surface area (Å²) < 4.78 is 50.9. The zero-order valence-electron chi connectivity index (χ0n) is 9.88. The van der Waals surface area contributed by atoms with Crippen molar-refractivity contribution < 1.29 is 22.4 Å². The van der Waals surface area contributed by atoms with Gasteiger partial charge in [0, 0.05) is 13.1 Å². The van der Waals surface area contributed by atoms with E-state index in [1.807, 2.05) is 0 Å². The number of rotatable bonds is 2. The Morgan fingerprint density at radius 3 is 2.68 bits per heavy atom. The first-order valence-corrected chi connectivity index (χ1v) is 5.75. The number of benzene rings is 1. The summed E-state index contributed by atoms with van der Waals surface area (Å²) in [4.78, 5) is 12.4. The van der Waals surface area contributed by atoms with E-state index >= 15 is 0 Å². The number of halogens is 4. The Balaban J connectivity index is 2.37. The highest BCUT2D eigenvalue weighted by atomic mass is 19.3. The van der Waals surface area contributed by atoms with E-state index in [0.29, 0.717) is 18.7 Å². The van der Waals surface area contributed by atoms with Gasteiger partial charge in [0.05, 0.1) is 11.4 Å². The van der Waals surface area contributed by atoms with Crippen molar-refractivity contribution in [3.63, 3.8) is 0 Å². The van der Waals surface area contributed by atoms with Crippen molar-refractivity contribution >= 4 is 17.3 Å². The molecule has 1 heterocycles. The van der Waals surface area contributed by atoms with E-state index < -0.39 is 18.3 Å². The van der Waals surface area contributed by atoms with Crippen LogP contribution >= 0.6 is 0 Å². The van der Waals surface area contributed by atoms with Gasteiger partial charge >= 0.3 is 18.3 Å². The van der Waals surface area contributed by atoms with Gasteiger partial charge in [-0.15, -0.1) is 0 Å². The van der Waals surface area contributed by atoms with Gasteiger partial charge in [0.25, 0.3) is 0 Å². The van der Waals surface area contributed by atoms with E-state index in [9.17, 15) is 22.4 Å². The lowest BCUT2D eigenvalue weighted by atomic mass is 10.2. The Kier molecular flexibility index (Phi) is 3.64. The Hall–Kier alpha value is -1.79. The predicted octanol–water partition coefficient (Wildman–Crippen LogP) is 2.74. The summed E-state index contributed by atoms with van der Waals surface area (Å²) in [6, 6.07) is 6.30. The van der Waals surface area contributed by atoms with E-state index in [1.54, 1.807) is 18.2 Å². The topological polar surface area (TPSA) is 32.3 Å². The molecule has 0 fully saturated rings. The summed E-state index contributed by atoms with van der Waals surface area (Å²) in [5.41, 5.74) is 0.684. The molecule has 1 aliphatic heterocycles. The van der Waals surface area contributed by atoms with Gasteiger partial charge in [-0.05, 0) is 18.6 Å². The van der Waals surface area contributed by atoms with E-state index in [4.69, 9.17) is 0 Å². The maximum absolute atomic E-state index is 13.2. The SMILES string of the molecule is O=C(N1CCCNc2ccccc21)C(F)(F)C(F)F. The summed E-state index contributed by atoms with van der Waals surface area (Å²) in [6.07, 6.45) is -3.61. The number of anilines is 2. The quantitative estimate of drug-likeness (QED) is 0.842. The van der Waals surface area contributed by atoms with Crippen molar-refractivity contribution in [1.82, 2.24) is 0 Å². The first-order valence-electron chi connectivity index (χ1n) is 5.75. The molecule has 0 saturated heterocycles. The van der Waals surface area contributed by atoms with Gasteiger partial charge in [-0.2, -0.15) is 8.78 Å². The predicted molar refractivity (Wildman–Crippen MR) is 62.9 cm³/mol. The Labute approximate surface area is 107 Å². The molecule has 2 rings (SSSR count). The summed E-state index contributed by atoms with van der Waals surface area (Å²) in [5, 5.41) is 2.96. The molecular weight excluding hydrogens is 264 g/mol. The normalized spacial score (nSPS) is 15.7. The molecule has 3 nitrogen and oxygen atoms in total. The van der Waals surface area contributed by atoms with Gasteiger partial charge in [0.2, 0.25) is 0 Å². The zero-order chi connectivity index (χ0) is 14.0. The van der Waals surface area contributed by atoms with Gasteiger partial charge in [-0.3, -0.25) is 4.79 Å². The van der Waals surface area contributed by atoms with Crippen LogP contribution in [0.5, 0.6) is 0 Å². The highest BCUT2D eigenvalue weighted by Gasteiger charge is 2.51. The van der Waals surface area contributed by atoms with E-state index in [1.165, 1.54) is 6.07 Å². The second kappa shape index (κ2) is 5.07. The van der Waals surface area contributed by atoms with Crippen LogP contribution in [0, 0.1) is 0 Å². The van der Waals surface area contributed by atoms with E-state index in [2.05, 4.69) is 5.32 Å². The fourth-order valence-corrected chi connectivity index (χ4v) is 1.92. The lowest BCUT2D eigenvalue weighted by molar-refractivity contribution is -0.166. The largest absolute Gasteiger partial charge is 0.384 e. The van der Waals surface area contributed by atoms with Crippen LogP contribution in [0.1, 0.15) is 6.42 Å². The van der Waals surface area contributed by atoms with Crippen LogP contribution in [0.25, 0.3) is 0 Å². The Morgan fingerprint density at radius 1 is 1.32 bits per heavy atom. The van der Waals surface area contributed by atoms with Gasteiger partial charge < -0.3 is 10.2 Å². The Bertz CT molecular complexity index is 479. The number of para-hydroxylation sites is 2. The second-order valence-electron chi connectivity index (χ2n) is 4.18. The fraction of sp³-hybridized carbons (Fsp3) is 0.417. The minimum Gasteiger partial charge on any atom is -0.383 e. The third-order valence-corrected chi connectivity index (χ3v) is 2.87. The first-order chi connectivity index (χ1) is 8.94. The number of amides is 1. The van der Waals surface area contributed by atoms with Gasteiger partial charge in [0.1, 0.15) is 0 Å². The maximum atomic E-state index is 13.2. The van der Waals surface area contributed by atoms with Gasteiger partial charge in [0.15, 0.2) is 0 Å². The van der Waals surface area contributed by atoms with Crippen LogP contribution in [0.15, 0.2) is 24.3 Å². The molecule has 0 bridgehead atoms. The molecule has 1 aliphatic rings. The summed E-state index contributed by atoms with van der Waals surface area (Å²) in [7, 11) is 0. The summed E-state index contributed by atoms with van der Waals surface area (Å²) in [6.45, 7) is 0.464. The van der Waals surface area contributed by atoms with Crippen LogP contribution in [0.2, 0.25) is 0 Å². The fourth-order valence-electron chi connectivity index (χ4n) is 1.92. The summed E-state index contributed by atoms with van der Waals surface area (Å²) >= 11 is 0. The molecule has 0 aliphatic carbocycles. The van der Waals surface area contributed by atoms with Crippen molar-refractivity contribution in [3.05, 3.63) is 24.3 Å². The lowest BCUT2D eigenvalue weighted by Gasteiger charge is -2.26. The smallest absolute Gasteiger partial charge is 0.383 e. The number of fused-ring (bicyclic) bond motifs is 1. The van der Waals surface area contributed by atoms with Crippen LogP contribution in [0.3, 0.4) is 0 Å². The van der Waals surface area contributed by atoms with Crippen LogP contribution in [-0.4, -0.2) is 31.3 Å². The van der Waals surface area contributed by atoms with Crippen molar-refractivity contribution in [2.45, 2.75) is 18.8 Å². The second-order valence-corrected chi connectivity index (χ2v) is 4.18. The van der Waals surface area contributed by atoms with Crippen LogP contribution in [-0.2, 0) is 4.79 Å². The maximum Gasteiger partial charge on any atom is 0.384 e. The molecule has 0 aromatic heterocycles. The van der Waals surface area contributed by atoms with Gasteiger partial charge in [-0.25, -0.2) is 8.78 Å². The highest BCUT2D eigenvalue weighted by molar-refractivity contribution is 6.01. The molecule has 0 radical (unpaired) electrons. The molecule has 7 heteroatoms. The van der Waals surface area contributed by atoms with E-state index in [0.717, 1.165) is 4.90 Å². The highest BCUT2D eigenvalue weighted by Crippen LogP contribution is 2.33.